The first kappa shape index (κ1) is 24.9. The number of hydrogen-bond donors (Lipinski definition) is 0. The van der Waals surface area contributed by atoms with E-state index in [1.165, 1.54) is 19.2 Å². The number of para-hydroxylation sites is 1. The lowest BCUT2D eigenvalue weighted by Gasteiger charge is -2.25. The van der Waals surface area contributed by atoms with Crippen LogP contribution in [0.1, 0.15) is 11.1 Å². The molecule has 0 N–H and O–H groups in total. The van der Waals surface area contributed by atoms with Crippen molar-refractivity contribution in [1.82, 2.24) is 4.31 Å². The van der Waals surface area contributed by atoms with Crippen molar-refractivity contribution < 1.29 is 27.6 Å². The molecule has 0 amide bonds. The number of carbonyl (C=O) groups excluding carboxylic acids is 1. The molecule has 0 aromatic heterocycles. The van der Waals surface area contributed by atoms with E-state index in [0.29, 0.717) is 17.9 Å². The molecule has 3 rings (SSSR count). The van der Waals surface area contributed by atoms with Gasteiger partial charge in [0.1, 0.15) is 18.4 Å². The average molecular weight is 485 g/mol. The molecule has 0 heterocycles. The summed E-state index contributed by atoms with van der Waals surface area (Å²) in [5.74, 6) is -0.169. The number of ether oxygens (including phenoxy) is 2. The van der Waals surface area contributed by atoms with E-state index in [0.717, 1.165) is 29.1 Å². The van der Waals surface area contributed by atoms with E-state index >= 15 is 0 Å². The van der Waals surface area contributed by atoms with Gasteiger partial charge >= 0.3 is 5.97 Å². The number of benzene rings is 3. The summed E-state index contributed by atoms with van der Waals surface area (Å²) in [4.78, 5) is 22.6. The van der Waals surface area contributed by atoms with Gasteiger partial charge in [-0.05, 0) is 35.7 Å². The molecule has 0 aliphatic heterocycles. The molecule has 3 aromatic carbocycles. The van der Waals surface area contributed by atoms with Crippen LogP contribution in [0.3, 0.4) is 0 Å². The SMILES string of the molecule is COC(=O)C(Cc1ccc(OCc2ccccc2)cc1)N(C)S(=O)(=O)c1ccccc1[N+](=O)[O-]. The minimum atomic E-state index is -4.37. The van der Waals surface area contributed by atoms with Gasteiger partial charge in [-0.1, -0.05) is 54.6 Å². The molecule has 0 saturated heterocycles. The fraction of sp³-hybridized carbons (Fsp3) is 0.208. The summed E-state index contributed by atoms with van der Waals surface area (Å²) in [5, 5.41) is 11.3. The van der Waals surface area contributed by atoms with Gasteiger partial charge in [-0.25, -0.2) is 8.42 Å². The standard InChI is InChI=1S/C24H24N2O7S/c1-25(34(30,31)23-11-7-6-10-21(23)26(28)29)22(24(27)32-2)16-18-12-14-20(15-13-18)33-17-19-8-4-3-5-9-19/h3-15,22H,16-17H2,1-2H3. The molecule has 0 saturated carbocycles. The van der Waals surface area contributed by atoms with Crippen LogP contribution in [0, 0.1) is 10.1 Å². The Bertz CT molecular complexity index is 1250. The van der Waals surface area contributed by atoms with Crippen molar-refractivity contribution in [2.75, 3.05) is 14.2 Å². The lowest BCUT2D eigenvalue weighted by molar-refractivity contribution is -0.387. The fourth-order valence-electron chi connectivity index (χ4n) is 3.33. The minimum absolute atomic E-state index is 0.00198. The van der Waals surface area contributed by atoms with Gasteiger partial charge in [0.25, 0.3) is 5.69 Å². The Balaban J connectivity index is 1.80. The highest BCUT2D eigenvalue weighted by molar-refractivity contribution is 7.89. The fourth-order valence-corrected chi connectivity index (χ4v) is 4.79. The lowest BCUT2D eigenvalue weighted by atomic mass is 10.1. The summed E-state index contributed by atoms with van der Waals surface area (Å²) < 4.78 is 37.7. The summed E-state index contributed by atoms with van der Waals surface area (Å²) in [6.45, 7) is 0.391. The van der Waals surface area contributed by atoms with E-state index in [2.05, 4.69) is 0 Å². The maximum atomic E-state index is 13.2. The molecule has 178 valence electrons. The largest absolute Gasteiger partial charge is 0.489 e. The van der Waals surface area contributed by atoms with Gasteiger partial charge in [0.2, 0.25) is 10.0 Å². The zero-order chi connectivity index (χ0) is 24.7. The van der Waals surface area contributed by atoms with Crippen molar-refractivity contribution >= 4 is 21.7 Å². The van der Waals surface area contributed by atoms with Crippen molar-refractivity contribution in [2.45, 2.75) is 24.0 Å². The number of hydrogen-bond acceptors (Lipinski definition) is 7. The molecule has 0 radical (unpaired) electrons. The maximum absolute atomic E-state index is 13.2. The van der Waals surface area contributed by atoms with Crippen molar-refractivity contribution in [3.8, 4) is 5.75 Å². The number of rotatable bonds is 10. The van der Waals surface area contributed by atoms with Gasteiger partial charge in [-0.2, -0.15) is 4.31 Å². The second-order valence-corrected chi connectivity index (χ2v) is 9.37. The van der Waals surface area contributed by atoms with Gasteiger partial charge < -0.3 is 9.47 Å². The van der Waals surface area contributed by atoms with Crippen molar-refractivity contribution in [1.29, 1.82) is 0 Å². The van der Waals surface area contributed by atoms with Crippen molar-refractivity contribution in [2.24, 2.45) is 0 Å². The molecule has 0 spiro atoms. The molecular weight excluding hydrogens is 460 g/mol. The first-order valence-corrected chi connectivity index (χ1v) is 11.7. The molecule has 10 heteroatoms. The molecule has 0 bridgehead atoms. The van der Waals surface area contributed by atoms with Crippen LogP contribution >= 0.6 is 0 Å². The Morgan fingerprint density at radius 3 is 2.21 bits per heavy atom. The Morgan fingerprint density at radius 1 is 0.971 bits per heavy atom. The number of likely N-dealkylation sites (N-methyl/N-ethyl adjacent to an activating group) is 1. The van der Waals surface area contributed by atoms with Gasteiger partial charge in [0, 0.05) is 13.1 Å². The van der Waals surface area contributed by atoms with Crippen LogP contribution in [-0.2, 0) is 32.6 Å². The Labute approximate surface area is 197 Å². The predicted molar refractivity (Wildman–Crippen MR) is 125 cm³/mol. The highest BCUT2D eigenvalue weighted by atomic mass is 32.2. The van der Waals surface area contributed by atoms with Crippen molar-refractivity contribution in [3.05, 3.63) is 100 Å². The third-order valence-corrected chi connectivity index (χ3v) is 7.15. The van der Waals surface area contributed by atoms with E-state index < -0.39 is 37.5 Å². The summed E-state index contributed by atoms with van der Waals surface area (Å²) in [6, 6.07) is 20.3. The third-order valence-electron chi connectivity index (χ3n) is 5.23. The van der Waals surface area contributed by atoms with Crippen LogP contribution < -0.4 is 4.74 Å². The van der Waals surface area contributed by atoms with Crippen LogP contribution in [0.4, 0.5) is 5.69 Å². The smallest absolute Gasteiger partial charge is 0.324 e. The zero-order valence-electron chi connectivity index (χ0n) is 18.7. The van der Waals surface area contributed by atoms with E-state index in [4.69, 9.17) is 9.47 Å². The van der Waals surface area contributed by atoms with Gasteiger partial charge in [-0.15, -0.1) is 0 Å². The number of nitro benzene ring substituents is 1. The Kier molecular flexibility index (Phi) is 7.98. The number of nitro groups is 1. The number of esters is 1. The summed E-state index contributed by atoms with van der Waals surface area (Å²) >= 11 is 0. The topological polar surface area (TPSA) is 116 Å². The highest BCUT2D eigenvalue weighted by Crippen LogP contribution is 2.28. The predicted octanol–water partition coefficient (Wildman–Crippen LogP) is 3.58. The van der Waals surface area contributed by atoms with E-state index in [9.17, 15) is 23.3 Å². The zero-order valence-corrected chi connectivity index (χ0v) is 19.5. The number of carbonyl (C=O) groups is 1. The molecule has 3 aromatic rings. The average Bonchev–Trinajstić information content (AvgIpc) is 2.86. The lowest BCUT2D eigenvalue weighted by Crippen LogP contribution is -2.44. The third kappa shape index (κ3) is 5.77. The monoisotopic (exact) mass is 484 g/mol. The van der Waals surface area contributed by atoms with E-state index in [1.807, 2.05) is 30.3 Å². The number of sulfonamides is 1. The quantitative estimate of drug-likeness (QED) is 0.245. The molecule has 0 aliphatic rings. The van der Waals surface area contributed by atoms with Crippen molar-refractivity contribution in [3.63, 3.8) is 0 Å². The van der Waals surface area contributed by atoms with Crippen LogP contribution in [0.2, 0.25) is 0 Å². The van der Waals surface area contributed by atoms with Crippen LogP contribution in [0.25, 0.3) is 0 Å². The molecule has 0 fully saturated rings. The first-order valence-electron chi connectivity index (χ1n) is 10.3. The number of methoxy groups -OCH3 is 1. The van der Waals surface area contributed by atoms with Crippen LogP contribution in [0.5, 0.6) is 5.75 Å². The summed E-state index contributed by atoms with van der Waals surface area (Å²) in [5.41, 5.74) is 1.10. The first-order chi connectivity index (χ1) is 16.2. The molecule has 34 heavy (non-hydrogen) atoms. The Morgan fingerprint density at radius 2 is 1.59 bits per heavy atom. The van der Waals surface area contributed by atoms with Gasteiger partial charge in [-0.3, -0.25) is 14.9 Å². The second-order valence-electron chi connectivity index (χ2n) is 7.41. The number of nitrogens with zero attached hydrogens (tertiary/aromatic N) is 2. The molecule has 1 atom stereocenters. The normalized spacial score (nSPS) is 12.2. The van der Waals surface area contributed by atoms with Crippen LogP contribution in [-0.4, -0.2) is 43.8 Å². The summed E-state index contributed by atoms with van der Waals surface area (Å²) in [7, 11) is -2.02. The van der Waals surface area contributed by atoms with Crippen LogP contribution in [0.15, 0.2) is 83.8 Å². The molecular formula is C24H24N2O7S. The Hall–Kier alpha value is -3.76. The summed E-state index contributed by atoms with van der Waals surface area (Å²) in [6.07, 6.45) is 0.00198. The highest BCUT2D eigenvalue weighted by Gasteiger charge is 2.37. The molecule has 9 nitrogen and oxygen atoms in total. The molecule has 1 unspecified atom stereocenters. The minimum Gasteiger partial charge on any atom is -0.489 e. The molecule has 0 aliphatic carbocycles. The van der Waals surface area contributed by atoms with E-state index in [1.54, 1.807) is 24.3 Å². The van der Waals surface area contributed by atoms with E-state index in [-0.39, 0.29) is 6.42 Å². The second kappa shape index (κ2) is 10.9. The van der Waals surface area contributed by atoms with Gasteiger partial charge in [0.05, 0.1) is 12.0 Å². The van der Waals surface area contributed by atoms with Gasteiger partial charge in [0.15, 0.2) is 4.90 Å². The maximum Gasteiger partial charge on any atom is 0.324 e.